The number of nitrogens with one attached hydrogen (secondary N) is 1. The van der Waals surface area contributed by atoms with Crippen LogP contribution < -0.4 is 5.32 Å². The van der Waals surface area contributed by atoms with Crippen LogP contribution in [0, 0.1) is 3.57 Å². The molecule has 3 rings (SSSR count). The number of anilines is 1. The lowest BCUT2D eigenvalue weighted by Crippen LogP contribution is -2.25. The second-order valence-electron chi connectivity index (χ2n) is 4.83. The maximum atomic E-state index is 12.1. The predicted octanol–water partition coefficient (Wildman–Crippen LogP) is 3.99. The molecular weight excluding hydrogens is 361 g/mol. The fraction of sp³-hybridized carbons (Fsp3) is 0.118. The minimum absolute atomic E-state index is 0.0185. The van der Waals surface area contributed by atoms with Gasteiger partial charge in [-0.1, -0.05) is 36.4 Å². The molecule has 0 fully saturated rings. The Hall–Kier alpha value is -1.62. The molecule has 1 aliphatic rings. The van der Waals surface area contributed by atoms with Gasteiger partial charge in [0.25, 0.3) is 0 Å². The topological polar surface area (TPSA) is 29.1 Å². The number of hydrogen-bond donors (Lipinski definition) is 1. The molecule has 0 aliphatic heterocycles. The van der Waals surface area contributed by atoms with Gasteiger partial charge in [-0.25, -0.2) is 0 Å². The number of benzene rings is 2. The van der Waals surface area contributed by atoms with E-state index in [0.29, 0.717) is 0 Å². The van der Waals surface area contributed by atoms with Gasteiger partial charge in [-0.15, -0.1) is 0 Å². The summed E-state index contributed by atoms with van der Waals surface area (Å²) >= 11 is 2.28. The van der Waals surface area contributed by atoms with Crippen molar-refractivity contribution in [3.05, 3.63) is 75.9 Å². The fourth-order valence-corrected chi connectivity index (χ4v) is 2.85. The van der Waals surface area contributed by atoms with Crippen LogP contribution in [0.4, 0.5) is 5.69 Å². The fourth-order valence-electron chi connectivity index (χ4n) is 2.49. The van der Waals surface area contributed by atoms with Crippen molar-refractivity contribution in [2.24, 2.45) is 0 Å². The summed E-state index contributed by atoms with van der Waals surface area (Å²) in [5.41, 5.74) is 2.10. The van der Waals surface area contributed by atoms with Gasteiger partial charge in [0.2, 0.25) is 0 Å². The standard InChI is InChI=1S/C17H14INO/c18-13-6-8-14(9-7-13)19-15-10-11-16(20)17(15)12-4-2-1-3-5-12/h1-11,15,17,19H. The first-order valence-electron chi connectivity index (χ1n) is 6.53. The average Bonchev–Trinajstić information content (AvgIpc) is 2.83. The molecule has 3 heteroatoms. The highest BCUT2D eigenvalue weighted by Crippen LogP contribution is 2.29. The Morgan fingerprint density at radius 2 is 1.65 bits per heavy atom. The zero-order chi connectivity index (χ0) is 13.9. The first-order valence-corrected chi connectivity index (χ1v) is 7.61. The number of allylic oxidation sites excluding steroid dienone is 1. The predicted molar refractivity (Wildman–Crippen MR) is 89.9 cm³/mol. The van der Waals surface area contributed by atoms with Crippen LogP contribution in [0.15, 0.2) is 66.7 Å². The summed E-state index contributed by atoms with van der Waals surface area (Å²) in [7, 11) is 0. The summed E-state index contributed by atoms with van der Waals surface area (Å²) < 4.78 is 1.20. The first-order chi connectivity index (χ1) is 9.74. The van der Waals surface area contributed by atoms with Gasteiger partial charge < -0.3 is 5.32 Å². The van der Waals surface area contributed by atoms with E-state index in [4.69, 9.17) is 0 Å². The molecule has 2 aromatic rings. The maximum absolute atomic E-state index is 12.1. The van der Waals surface area contributed by atoms with Crippen molar-refractivity contribution in [1.82, 2.24) is 0 Å². The van der Waals surface area contributed by atoms with Crippen LogP contribution in [0.3, 0.4) is 0 Å². The molecular formula is C17H14INO. The normalized spacial score (nSPS) is 21.1. The molecule has 0 saturated carbocycles. The van der Waals surface area contributed by atoms with E-state index in [-0.39, 0.29) is 17.7 Å². The summed E-state index contributed by atoms with van der Waals surface area (Å²) in [5.74, 6) is 0.0367. The summed E-state index contributed by atoms with van der Waals surface area (Å²) in [6.07, 6.45) is 3.64. The Bertz CT molecular complexity index is 634. The summed E-state index contributed by atoms with van der Waals surface area (Å²) in [6.45, 7) is 0. The van der Waals surface area contributed by atoms with E-state index < -0.39 is 0 Å². The quantitative estimate of drug-likeness (QED) is 0.822. The molecule has 100 valence electrons. The van der Waals surface area contributed by atoms with Crippen molar-refractivity contribution in [3.8, 4) is 0 Å². The number of hydrogen-bond acceptors (Lipinski definition) is 2. The molecule has 20 heavy (non-hydrogen) atoms. The summed E-state index contributed by atoms with van der Waals surface area (Å²) in [5, 5.41) is 3.44. The van der Waals surface area contributed by atoms with Gasteiger partial charge in [0.15, 0.2) is 5.78 Å². The molecule has 2 nitrogen and oxygen atoms in total. The van der Waals surface area contributed by atoms with Crippen molar-refractivity contribution in [1.29, 1.82) is 0 Å². The number of rotatable bonds is 3. The zero-order valence-electron chi connectivity index (χ0n) is 10.8. The van der Waals surface area contributed by atoms with Gasteiger partial charge in [0, 0.05) is 9.26 Å². The van der Waals surface area contributed by atoms with E-state index in [1.54, 1.807) is 6.08 Å². The minimum Gasteiger partial charge on any atom is -0.378 e. The highest BCUT2D eigenvalue weighted by molar-refractivity contribution is 14.1. The Balaban J connectivity index is 1.83. The molecule has 0 heterocycles. The van der Waals surface area contributed by atoms with Crippen LogP contribution in [0.2, 0.25) is 0 Å². The SMILES string of the molecule is O=C1C=CC(Nc2ccc(I)cc2)C1c1ccccc1. The van der Waals surface area contributed by atoms with E-state index in [1.807, 2.05) is 48.5 Å². The largest absolute Gasteiger partial charge is 0.378 e. The Morgan fingerprint density at radius 3 is 2.35 bits per heavy atom. The molecule has 2 unspecified atom stereocenters. The molecule has 0 saturated heterocycles. The van der Waals surface area contributed by atoms with E-state index in [2.05, 4.69) is 40.0 Å². The summed E-state index contributed by atoms with van der Waals surface area (Å²) in [4.78, 5) is 12.1. The number of ketones is 1. The van der Waals surface area contributed by atoms with Crippen molar-refractivity contribution < 1.29 is 4.79 Å². The molecule has 0 spiro atoms. The molecule has 0 radical (unpaired) electrons. The van der Waals surface area contributed by atoms with Crippen LogP contribution in [-0.4, -0.2) is 11.8 Å². The van der Waals surface area contributed by atoms with Gasteiger partial charge in [-0.05, 0) is 58.5 Å². The van der Waals surface area contributed by atoms with Crippen molar-refractivity contribution in [2.45, 2.75) is 12.0 Å². The van der Waals surface area contributed by atoms with Crippen LogP contribution >= 0.6 is 22.6 Å². The van der Waals surface area contributed by atoms with E-state index in [0.717, 1.165) is 11.3 Å². The van der Waals surface area contributed by atoms with Crippen molar-refractivity contribution >= 4 is 34.1 Å². The van der Waals surface area contributed by atoms with Gasteiger partial charge in [0.1, 0.15) is 0 Å². The third-order valence-corrected chi connectivity index (χ3v) is 4.19. The smallest absolute Gasteiger partial charge is 0.165 e. The minimum atomic E-state index is -0.129. The van der Waals surface area contributed by atoms with E-state index >= 15 is 0 Å². The van der Waals surface area contributed by atoms with Gasteiger partial charge in [-0.3, -0.25) is 4.79 Å². The first kappa shape index (κ1) is 13.4. The molecule has 1 N–H and O–H groups in total. The molecule has 2 atom stereocenters. The van der Waals surface area contributed by atoms with Crippen LogP contribution in [-0.2, 0) is 4.79 Å². The lowest BCUT2D eigenvalue weighted by atomic mass is 9.92. The Labute approximate surface area is 132 Å². The average molecular weight is 375 g/mol. The number of carbonyl (C=O) groups excluding carboxylic acids is 1. The van der Waals surface area contributed by atoms with Crippen LogP contribution in [0.1, 0.15) is 11.5 Å². The second-order valence-corrected chi connectivity index (χ2v) is 6.07. The molecule has 1 aliphatic carbocycles. The molecule has 0 amide bonds. The third-order valence-electron chi connectivity index (χ3n) is 3.47. The third kappa shape index (κ3) is 2.77. The summed E-state index contributed by atoms with van der Waals surface area (Å²) in [6, 6.07) is 18.2. The lowest BCUT2D eigenvalue weighted by molar-refractivity contribution is -0.115. The van der Waals surface area contributed by atoms with E-state index in [9.17, 15) is 4.79 Å². The Morgan fingerprint density at radius 1 is 0.950 bits per heavy atom. The number of halogens is 1. The molecule has 2 aromatic carbocycles. The van der Waals surface area contributed by atoms with Crippen LogP contribution in [0.25, 0.3) is 0 Å². The number of carbonyl (C=O) groups is 1. The van der Waals surface area contributed by atoms with Crippen molar-refractivity contribution in [2.75, 3.05) is 5.32 Å². The zero-order valence-corrected chi connectivity index (χ0v) is 12.9. The molecule has 0 bridgehead atoms. The van der Waals surface area contributed by atoms with Gasteiger partial charge in [-0.2, -0.15) is 0 Å². The molecule has 0 aromatic heterocycles. The lowest BCUT2D eigenvalue weighted by Gasteiger charge is -2.21. The van der Waals surface area contributed by atoms with Crippen molar-refractivity contribution in [3.63, 3.8) is 0 Å². The van der Waals surface area contributed by atoms with Crippen LogP contribution in [0.5, 0.6) is 0 Å². The van der Waals surface area contributed by atoms with Gasteiger partial charge >= 0.3 is 0 Å². The van der Waals surface area contributed by atoms with E-state index in [1.165, 1.54) is 3.57 Å². The highest BCUT2D eigenvalue weighted by Gasteiger charge is 2.31. The second kappa shape index (κ2) is 5.79. The Kier molecular flexibility index (Phi) is 3.87. The van der Waals surface area contributed by atoms with Gasteiger partial charge in [0.05, 0.1) is 12.0 Å². The highest BCUT2D eigenvalue weighted by atomic mass is 127. The monoisotopic (exact) mass is 375 g/mol. The maximum Gasteiger partial charge on any atom is 0.165 e.